The van der Waals surface area contributed by atoms with Crippen LogP contribution in [0, 0.1) is 38.9 Å². The van der Waals surface area contributed by atoms with Crippen molar-refractivity contribution in [3.05, 3.63) is 12.2 Å². The number of cyclic esters (lactones) is 2. The van der Waals surface area contributed by atoms with Crippen molar-refractivity contribution in [1.82, 2.24) is 0 Å². The molecule has 5 saturated carbocycles. The van der Waals surface area contributed by atoms with Gasteiger partial charge in [0.15, 0.2) is 0 Å². The number of esters is 2. The molecule has 3 spiro atoms. The van der Waals surface area contributed by atoms with E-state index in [0.717, 1.165) is 0 Å². The van der Waals surface area contributed by atoms with Crippen LogP contribution in [0.5, 0.6) is 0 Å². The molecule has 2 heterocycles. The minimum absolute atomic E-state index is 0.0122. The van der Waals surface area contributed by atoms with Gasteiger partial charge in [-0.1, -0.05) is 19.9 Å². The Morgan fingerprint density at radius 1 is 1.06 bits per heavy atom. The third-order valence-corrected chi connectivity index (χ3v) is 11.5. The van der Waals surface area contributed by atoms with Crippen molar-refractivity contribution in [2.45, 2.75) is 77.6 Å². The van der Waals surface area contributed by atoms with Gasteiger partial charge in [0.2, 0.25) is 0 Å². The molecule has 0 aromatic heterocycles. The van der Waals surface area contributed by atoms with Gasteiger partial charge in [-0.25, -0.2) is 4.79 Å². The SMILES string of the molecule is CC1(C)OC(=O)C=C[C@]12CC[C@]13C[C@]4(C)C(=O)[C@](C)(C[C@H]1[C@@]2(C)O)[C@]31COC(=O)[C@@H]1[C@@H]4O. The lowest BCUT2D eigenvalue weighted by atomic mass is 9.31. The zero-order valence-corrected chi connectivity index (χ0v) is 19.4. The number of hydrogen-bond donors (Lipinski definition) is 2. The van der Waals surface area contributed by atoms with Crippen LogP contribution in [0.1, 0.15) is 60.3 Å². The molecule has 7 rings (SSSR count). The van der Waals surface area contributed by atoms with E-state index in [0.29, 0.717) is 25.7 Å². The summed E-state index contributed by atoms with van der Waals surface area (Å²) in [6.07, 6.45) is 4.22. The summed E-state index contributed by atoms with van der Waals surface area (Å²) in [6.45, 7) is 9.33. The molecule has 7 heteroatoms. The first-order valence-corrected chi connectivity index (χ1v) is 11.7. The van der Waals surface area contributed by atoms with E-state index in [2.05, 4.69) is 0 Å². The molecular formula is C25H32O7. The van der Waals surface area contributed by atoms with Crippen molar-refractivity contribution in [3.8, 4) is 0 Å². The van der Waals surface area contributed by atoms with Gasteiger partial charge in [-0.2, -0.15) is 0 Å². The van der Waals surface area contributed by atoms with Crippen molar-refractivity contribution in [3.63, 3.8) is 0 Å². The molecule has 32 heavy (non-hydrogen) atoms. The van der Waals surface area contributed by atoms with Gasteiger partial charge >= 0.3 is 11.9 Å². The number of ether oxygens (including phenoxy) is 2. The van der Waals surface area contributed by atoms with Gasteiger partial charge in [0.25, 0.3) is 0 Å². The summed E-state index contributed by atoms with van der Waals surface area (Å²) >= 11 is 0. The molecule has 5 aliphatic carbocycles. The standard InChI is InChI=1S/C25H32O7/c1-19(2)24(7-6-14(26)32-19)9-8-23-11-20(3)16(27)15-17(28)31-12-25(15,23)21(4,18(20)29)10-13(23)22(24,5)30/h6-7,13,15-16,27,30H,8-12H2,1-5H3/t13-,15-,16-,20-,21-,22+,23-,24-,25+/m0/s1. The van der Waals surface area contributed by atoms with Gasteiger partial charge in [0.05, 0.1) is 35.1 Å². The Hall–Kier alpha value is -1.73. The Balaban J connectivity index is 1.61. The smallest absolute Gasteiger partial charge is 0.331 e. The summed E-state index contributed by atoms with van der Waals surface area (Å²) in [6, 6.07) is 0. The lowest BCUT2D eigenvalue weighted by Crippen LogP contribution is -2.77. The normalized spacial score (nSPS) is 59.1. The molecule has 4 bridgehead atoms. The highest BCUT2D eigenvalue weighted by atomic mass is 16.6. The summed E-state index contributed by atoms with van der Waals surface area (Å²) in [4.78, 5) is 39.0. The second kappa shape index (κ2) is 5.17. The number of carbonyl (C=O) groups is 3. The third kappa shape index (κ3) is 1.64. The van der Waals surface area contributed by atoms with Crippen LogP contribution in [-0.4, -0.2) is 51.8 Å². The minimum Gasteiger partial charge on any atom is -0.465 e. The second-order valence-corrected chi connectivity index (χ2v) is 12.6. The van der Waals surface area contributed by atoms with Crippen molar-refractivity contribution in [2.24, 2.45) is 38.9 Å². The first-order valence-electron chi connectivity index (χ1n) is 11.7. The highest BCUT2D eigenvalue weighted by Crippen LogP contribution is 2.86. The summed E-state index contributed by atoms with van der Waals surface area (Å²) in [5, 5.41) is 23.7. The van der Waals surface area contributed by atoms with E-state index in [-0.39, 0.29) is 18.3 Å². The Bertz CT molecular complexity index is 1030. The van der Waals surface area contributed by atoms with Crippen LogP contribution in [0.25, 0.3) is 0 Å². The Morgan fingerprint density at radius 3 is 2.41 bits per heavy atom. The van der Waals surface area contributed by atoms with Gasteiger partial charge in [0, 0.05) is 16.9 Å². The third-order valence-electron chi connectivity index (χ3n) is 11.5. The molecule has 9 atom stereocenters. The van der Waals surface area contributed by atoms with Gasteiger partial charge < -0.3 is 19.7 Å². The van der Waals surface area contributed by atoms with Gasteiger partial charge in [-0.15, -0.1) is 0 Å². The Labute approximate surface area is 187 Å². The van der Waals surface area contributed by atoms with Gasteiger partial charge in [0.1, 0.15) is 11.4 Å². The van der Waals surface area contributed by atoms with Crippen molar-refractivity contribution in [1.29, 1.82) is 0 Å². The fourth-order valence-corrected chi connectivity index (χ4v) is 10.3. The molecule has 0 aromatic rings. The van der Waals surface area contributed by atoms with E-state index in [9.17, 15) is 24.6 Å². The maximum absolute atomic E-state index is 13.9. The molecular weight excluding hydrogens is 412 g/mol. The largest absolute Gasteiger partial charge is 0.465 e. The number of aliphatic hydroxyl groups is 2. The molecule has 1 saturated heterocycles. The van der Waals surface area contributed by atoms with Gasteiger partial charge in [-0.3, -0.25) is 9.59 Å². The summed E-state index contributed by atoms with van der Waals surface area (Å²) < 4.78 is 11.4. The van der Waals surface area contributed by atoms with Crippen LogP contribution in [0.4, 0.5) is 0 Å². The summed E-state index contributed by atoms with van der Waals surface area (Å²) in [7, 11) is 0. The van der Waals surface area contributed by atoms with E-state index < -0.39 is 62.2 Å². The molecule has 0 amide bonds. The average molecular weight is 445 g/mol. The zero-order valence-electron chi connectivity index (χ0n) is 19.4. The van der Waals surface area contributed by atoms with Crippen molar-refractivity contribution in [2.75, 3.05) is 6.61 Å². The first-order chi connectivity index (χ1) is 14.7. The fourth-order valence-electron chi connectivity index (χ4n) is 10.3. The van der Waals surface area contributed by atoms with Crippen LogP contribution >= 0.6 is 0 Å². The maximum atomic E-state index is 13.9. The van der Waals surface area contributed by atoms with Crippen molar-refractivity contribution >= 4 is 17.7 Å². The molecule has 6 fully saturated rings. The second-order valence-electron chi connectivity index (χ2n) is 12.6. The molecule has 174 valence electrons. The summed E-state index contributed by atoms with van der Waals surface area (Å²) in [5.74, 6) is -1.93. The average Bonchev–Trinajstić information content (AvgIpc) is 3.13. The van der Waals surface area contributed by atoms with Crippen LogP contribution in [0.3, 0.4) is 0 Å². The number of ketones is 1. The van der Waals surface area contributed by atoms with E-state index in [1.54, 1.807) is 6.92 Å². The van der Waals surface area contributed by atoms with Crippen LogP contribution in [0.15, 0.2) is 12.2 Å². The Kier molecular flexibility index (Phi) is 3.37. The highest BCUT2D eigenvalue weighted by Gasteiger charge is 2.91. The molecule has 2 aliphatic heterocycles. The molecule has 0 unspecified atom stereocenters. The van der Waals surface area contributed by atoms with Crippen LogP contribution < -0.4 is 0 Å². The predicted molar refractivity (Wildman–Crippen MR) is 111 cm³/mol. The van der Waals surface area contributed by atoms with Gasteiger partial charge in [-0.05, 0) is 57.8 Å². The lowest BCUT2D eigenvalue weighted by molar-refractivity contribution is -0.281. The molecule has 0 radical (unpaired) electrons. The summed E-state index contributed by atoms with van der Waals surface area (Å²) in [5.41, 5.74) is -6.36. The lowest BCUT2D eigenvalue weighted by Gasteiger charge is -2.71. The molecule has 2 N–H and O–H groups in total. The fraction of sp³-hybridized carbons (Fsp3) is 0.800. The molecule has 7 aliphatic rings. The quantitative estimate of drug-likeness (QED) is 0.550. The maximum Gasteiger partial charge on any atom is 0.331 e. The monoisotopic (exact) mass is 444 g/mol. The highest BCUT2D eigenvalue weighted by molar-refractivity contribution is 5.98. The molecule has 7 nitrogen and oxygen atoms in total. The first kappa shape index (κ1) is 20.8. The van der Waals surface area contributed by atoms with Crippen LogP contribution in [-0.2, 0) is 23.9 Å². The number of carbonyl (C=O) groups excluding carboxylic acids is 3. The predicted octanol–water partition coefficient (Wildman–Crippen LogP) is 1.93. The van der Waals surface area contributed by atoms with E-state index in [1.807, 2.05) is 33.8 Å². The van der Waals surface area contributed by atoms with Crippen LogP contribution in [0.2, 0.25) is 0 Å². The number of aliphatic hydroxyl groups excluding tert-OH is 1. The van der Waals surface area contributed by atoms with Crippen molar-refractivity contribution < 1.29 is 34.1 Å². The Morgan fingerprint density at radius 2 is 1.75 bits per heavy atom. The topological polar surface area (TPSA) is 110 Å². The molecule has 0 aromatic carbocycles. The number of rotatable bonds is 0. The number of hydrogen-bond acceptors (Lipinski definition) is 7. The zero-order chi connectivity index (χ0) is 23.3. The minimum atomic E-state index is -1.30. The van der Waals surface area contributed by atoms with E-state index >= 15 is 0 Å². The van der Waals surface area contributed by atoms with E-state index in [4.69, 9.17) is 9.47 Å². The number of Topliss-reactive ketones (excluding diaryl/α,β-unsaturated/α-hetero) is 1. The van der Waals surface area contributed by atoms with E-state index in [1.165, 1.54) is 6.08 Å².